The summed E-state index contributed by atoms with van der Waals surface area (Å²) in [7, 11) is 1.38. The number of nitrogens with one attached hydrogen (secondary N) is 3. The molecule has 0 spiro atoms. The molecule has 0 bridgehead atoms. The minimum atomic E-state index is -4.85. The standard InChI is InChI=1S/C19H15F3N6O5/c1-32-14-5-3-2-4-13(14)18(29)27-26-17-15(28(30)31)16(23-10-24-17)25-11-6-8-12(9-7-11)33-19(20,21)22/h2-10H,1H3,(H,27,29)(H2,23,24,25,26). The van der Waals surface area contributed by atoms with E-state index < -0.39 is 28.6 Å². The molecule has 14 heteroatoms. The Labute approximate surface area is 183 Å². The lowest BCUT2D eigenvalue weighted by Crippen LogP contribution is -2.30. The number of ether oxygens (including phenoxy) is 2. The van der Waals surface area contributed by atoms with Crippen LogP contribution in [0.5, 0.6) is 11.5 Å². The van der Waals surface area contributed by atoms with Crippen molar-refractivity contribution in [1.82, 2.24) is 15.4 Å². The summed E-state index contributed by atoms with van der Waals surface area (Å²) in [6.45, 7) is 0. The van der Waals surface area contributed by atoms with Gasteiger partial charge in [-0.3, -0.25) is 25.8 Å². The quantitative estimate of drug-likeness (QED) is 0.335. The average molecular weight is 464 g/mol. The second kappa shape index (κ2) is 9.67. The van der Waals surface area contributed by atoms with Gasteiger partial charge in [-0.25, -0.2) is 9.97 Å². The van der Waals surface area contributed by atoms with Gasteiger partial charge in [0.2, 0.25) is 11.6 Å². The number of amides is 1. The first-order chi connectivity index (χ1) is 15.7. The first-order valence-electron chi connectivity index (χ1n) is 8.99. The summed E-state index contributed by atoms with van der Waals surface area (Å²) in [5.41, 5.74) is 4.41. The highest BCUT2D eigenvalue weighted by Crippen LogP contribution is 2.32. The van der Waals surface area contributed by atoms with Crippen molar-refractivity contribution in [3.8, 4) is 11.5 Å². The third-order valence-corrected chi connectivity index (χ3v) is 4.00. The van der Waals surface area contributed by atoms with Crippen molar-refractivity contribution < 1.29 is 32.4 Å². The second-order valence-electron chi connectivity index (χ2n) is 6.15. The molecule has 172 valence electrons. The van der Waals surface area contributed by atoms with Gasteiger partial charge < -0.3 is 14.8 Å². The molecule has 0 aliphatic rings. The van der Waals surface area contributed by atoms with Crippen LogP contribution in [0.15, 0.2) is 54.9 Å². The second-order valence-corrected chi connectivity index (χ2v) is 6.15. The van der Waals surface area contributed by atoms with E-state index in [1.54, 1.807) is 18.2 Å². The fourth-order valence-electron chi connectivity index (χ4n) is 2.63. The highest BCUT2D eigenvalue weighted by Gasteiger charge is 2.31. The van der Waals surface area contributed by atoms with E-state index in [9.17, 15) is 28.1 Å². The maximum absolute atomic E-state index is 12.4. The van der Waals surface area contributed by atoms with Crippen LogP contribution in [0.1, 0.15) is 10.4 Å². The number of hydrogen-bond donors (Lipinski definition) is 3. The minimum Gasteiger partial charge on any atom is -0.496 e. The van der Waals surface area contributed by atoms with Gasteiger partial charge in [0.25, 0.3) is 5.91 Å². The molecule has 11 nitrogen and oxygen atoms in total. The number of hydrogen-bond acceptors (Lipinski definition) is 9. The number of nitrogens with zero attached hydrogens (tertiary/aromatic N) is 3. The Morgan fingerprint density at radius 1 is 1.06 bits per heavy atom. The number of benzene rings is 2. The number of para-hydroxylation sites is 1. The lowest BCUT2D eigenvalue weighted by Gasteiger charge is -2.12. The molecule has 0 saturated heterocycles. The molecule has 0 unspecified atom stereocenters. The Morgan fingerprint density at radius 3 is 2.36 bits per heavy atom. The number of anilines is 3. The molecule has 1 amide bonds. The molecule has 0 radical (unpaired) electrons. The smallest absolute Gasteiger partial charge is 0.496 e. The summed E-state index contributed by atoms with van der Waals surface area (Å²) in [4.78, 5) is 30.8. The van der Waals surface area contributed by atoms with Crippen molar-refractivity contribution in [3.63, 3.8) is 0 Å². The highest BCUT2D eigenvalue weighted by molar-refractivity contribution is 5.97. The summed E-state index contributed by atoms with van der Waals surface area (Å²) < 4.78 is 45.7. The maximum atomic E-state index is 12.4. The third-order valence-electron chi connectivity index (χ3n) is 4.00. The van der Waals surface area contributed by atoms with E-state index in [4.69, 9.17) is 4.74 Å². The van der Waals surface area contributed by atoms with Crippen LogP contribution >= 0.6 is 0 Å². The van der Waals surface area contributed by atoms with Crippen molar-refractivity contribution in [2.45, 2.75) is 6.36 Å². The number of aromatic nitrogens is 2. The molecule has 1 heterocycles. The van der Waals surface area contributed by atoms with E-state index in [1.165, 1.54) is 25.3 Å². The fraction of sp³-hybridized carbons (Fsp3) is 0.105. The average Bonchev–Trinajstić information content (AvgIpc) is 2.77. The number of hydrazine groups is 1. The zero-order chi connectivity index (χ0) is 24.0. The van der Waals surface area contributed by atoms with E-state index in [2.05, 4.69) is 30.9 Å². The topological polar surface area (TPSA) is 141 Å². The number of carbonyl (C=O) groups excluding carboxylic acids is 1. The molecule has 33 heavy (non-hydrogen) atoms. The molecule has 1 aromatic heterocycles. The van der Waals surface area contributed by atoms with Gasteiger partial charge in [0.15, 0.2) is 0 Å². The van der Waals surface area contributed by atoms with Gasteiger partial charge in [-0.05, 0) is 36.4 Å². The fourth-order valence-corrected chi connectivity index (χ4v) is 2.63. The van der Waals surface area contributed by atoms with Crippen LogP contribution in [0.25, 0.3) is 0 Å². The maximum Gasteiger partial charge on any atom is 0.573 e. The lowest BCUT2D eigenvalue weighted by atomic mass is 10.2. The van der Waals surface area contributed by atoms with Gasteiger partial charge in [0, 0.05) is 5.69 Å². The molecular weight excluding hydrogens is 449 g/mol. The predicted molar refractivity (Wildman–Crippen MR) is 109 cm³/mol. The third kappa shape index (κ3) is 5.96. The number of alkyl halides is 3. The Morgan fingerprint density at radius 2 is 1.73 bits per heavy atom. The van der Waals surface area contributed by atoms with Crippen LogP contribution in [0.3, 0.4) is 0 Å². The van der Waals surface area contributed by atoms with Gasteiger partial charge >= 0.3 is 12.0 Å². The predicted octanol–water partition coefficient (Wildman–Crippen LogP) is 3.79. The largest absolute Gasteiger partial charge is 0.573 e. The Bertz CT molecular complexity index is 1160. The Hall–Kier alpha value is -4.62. The van der Waals surface area contributed by atoms with Crippen LogP contribution in [-0.2, 0) is 0 Å². The van der Waals surface area contributed by atoms with Gasteiger partial charge in [0.05, 0.1) is 17.6 Å². The van der Waals surface area contributed by atoms with E-state index >= 15 is 0 Å². The van der Waals surface area contributed by atoms with E-state index in [-0.39, 0.29) is 28.6 Å². The highest BCUT2D eigenvalue weighted by atomic mass is 19.4. The molecule has 0 saturated carbocycles. The molecule has 2 aromatic carbocycles. The normalized spacial score (nSPS) is 10.8. The molecule has 3 rings (SSSR count). The first-order valence-corrected chi connectivity index (χ1v) is 8.99. The zero-order valence-electron chi connectivity index (χ0n) is 16.7. The molecular formula is C19H15F3N6O5. The summed E-state index contributed by atoms with van der Waals surface area (Å²) in [5.74, 6) is -1.43. The Balaban J connectivity index is 1.78. The summed E-state index contributed by atoms with van der Waals surface area (Å²) >= 11 is 0. The summed E-state index contributed by atoms with van der Waals surface area (Å²) in [6, 6.07) is 10.8. The number of halogens is 3. The molecule has 0 fully saturated rings. The van der Waals surface area contributed by atoms with Crippen molar-refractivity contribution in [1.29, 1.82) is 0 Å². The monoisotopic (exact) mass is 464 g/mol. The van der Waals surface area contributed by atoms with Gasteiger partial charge in [0.1, 0.15) is 17.8 Å². The van der Waals surface area contributed by atoms with Gasteiger partial charge in [-0.15, -0.1) is 13.2 Å². The summed E-state index contributed by atoms with van der Waals surface area (Å²) in [6.07, 6.45) is -3.86. The first kappa shape index (κ1) is 23.1. The molecule has 0 aliphatic heterocycles. The number of carbonyl (C=O) groups is 1. The number of nitro groups is 1. The molecule has 0 aliphatic carbocycles. The SMILES string of the molecule is COc1ccccc1C(=O)NNc1ncnc(Nc2ccc(OC(F)(F)F)cc2)c1[N+](=O)[O-]. The Kier molecular flexibility index (Phi) is 6.76. The zero-order valence-corrected chi connectivity index (χ0v) is 16.7. The molecule has 0 atom stereocenters. The molecule has 3 aromatic rings. The van der Waals surface area contributed by atoms with Crippen molar-refractivity contribution in [3.05, 3.63) is 70.5 Å². The lowest BCUT2D eigenvalue weighted by molar-refractivity contribution is -0.383. The number of methoxy groups -OCH3 is 1. The molecule has 3 N–H and O–H groups in total. The van der Waals surface area contributed by atoms with Crippen molar-refractivity contribution >= 4 is 28.9 Å². The van der Waals surface area contributed by atoms with Crippen LogP contribution in [-0.4, -0.2) is 34.3 Å². The van der Waals surface area contributed by atoms with E-state index in [0.29, 0.717) is 0 Å². The van der Waals surface area contributed by atoms with Crippen LogP contribution in [0.2, 0.25) is 0 Å². The van der Waals surface area contributed by atoms with Crippen LogP contribution < -0.4 is 25.6 Å². The minimum absolute atomic E-state index is 0.170. The van der Waals surface area contributed by atoms with Crippen molar-refractivity contribution in [2.24, 2.45) is 0 Å². The van der Waals surface area contributed by atoms with Crippen molar-refractivity contribution in [2.75, 3.05) is 17.9 Å². The summed E-state index contributed by atoms with van der Waals surface area (Å²) in [5, 5.41) is 14.2. The van der Waals surface area contributed by atoms with Crippen LogP contribution in [0, 0.1) is 10.1 Å². The van der Waals surface area contributed by atoms with E-state index in [0.717, 1.165) is 18.5 Å². The van der Waals surface area contributed by atoms with Gasteiger partial charge in [-0.1, -0.05) is 12.1 Å². The number of rotatable bonds is 8. The van der Waals surface area contributed by atoms with Gasteiger partial charge in [-0.2, -0.15) is 0 Å². The van der Waals surface area contributed by atoms with E-state index in [1.807, 2.05) is 0 Å². The van der Waals surface area contributed by atoms with Crippen LogP contribution in [0.4, 0.5) is 36.2 Å².